The number of unbranched alkanes of at least 4 members (excludes halogenated alkanes) is 2. The number of carboxylic acid groups (broad SMARTS) is 1. The van der Waals surface area contributed by atoms with Gasteiger partial charge in [0.25, 0.3) is 5.56 Å². The molecular weight excluding hydrogens is 507 g/mol. The van der Waals surface area contributed by atoms with E-state index in [4.69, 9.17) is 16.2 Å². The fraction of sp³-hybridized carbons (Fsp3) is 0.545. The Morgan fingerprint density at radius 1 is 1.14 bits per heavy atom. The Labute approximate surface area is 239 Å². The van der Waals surface area contributed by atoms with Crippen LogP contribution in [0.15, 0.2) is 22.7 Å². The monoisotopic (exact) mass is 542 g/mol. The maximum atomic E-state index is 11.0. The number of H-pyrrole nitrogens is 1. The van der Waals surface area contributed by atoms with Crippen molar-refractivity contribution >= 4 is 36.2 Å². The molecule has 0 fully saturated rings. The molecule has 5 N–H and O–H groups in total. The van der Waals surface area contributed by atoms with Gasteiger partial charge in [-0.15, -0.1) is 12.4 Å². The van der Waals surface area contributed by atoms with Gasteiger partial charge in [0.2, 0.25) is 0 Å². The van der Waals surface area contributed by atoms with Gasteiger partial charge in [0.15, 0.2) is 5.69 Å². The van der Waals surface area contributed by atoms with Gasteiger partial charge in [-0.05, 0) is 32.4 Å². The number of nitrogens with two attached hydrogens (primary N) is 1. The summed E-state index contributed by atoms with van der Waals surface area (Å²) in [5, 5.41) is 26.2. The second kappa shape index (κ2) is 25.7. The number of aryl methyl sites for hydroxylation is 1. The predicted octanol–water partition coefficient (Wildman–Crippen LogP) is -1.29. The number of ether oxygens (including phenoxy) is 2. The van der Waals surface area contributed by atoms with Crippen LogP contribution in [0.4, 0.5) is 0 Å². The maximum absolute atomic E-state index is 11.0. The summed E-state index contributed by atoms with van der Waals surface area (Å²) in [6, 6.07) is 0.984. The number of halogens is 1. The van der Waals surface area contributed by atoms with Gasteiger partial charge in [-0.25, -0.2) is 19.4 Å². The zero-order chi connectivity index (χ0) is 26.5. The number of carboxylic acids is 1. The van der Waals surface area contributed by atoms with E-state index in [1.807, 2.05) is 6.92 Å². The van der Waals surface area contributed by atoms with E-state index in [9.17, 15) is 24.3 Å². The van der Waals surface area contributed by atoms with Gasteiger partial charge < -0.3 is 30.4 Å². The molecule has 0 saturated heterocycles. The minimum absolute atomic E-state index is 0. The molecule has 1 aromatic heterocycles. The van der Waals surface area contributed by atoms with Crippen LogP contribution < -0.4 is 46.0 Å². The normalized spacial score (nSPS) is 9.50. The van der Waals surface area contributed by atoms with Gasteiger partial charge in [0, 0.05) is 25.0 Å². The van der Waals surface area contributed by atoms with Crippen LogP contribution in [0.2, 0.25) is 0 Å². The first kappa shape index (κ1) is 40.7. The number of carbonyl (C=O) groups excluding carboxylic acids is 2. The summed E-state index contributed by atoms with van der Waals surface area (Å²) in [6.45, 7) is 7.52. The first-order valence-electron chi connectivity index (χ1n) is 10.9. The average Bonchev–Trinajstić information content (AvgIpc) is 2.77. The van der Waals surface area contributed by atoms with Crippen LogP contribution >= 0.6 is 12.4 Å². The minimum Gasteiger partial charge on any atom is -0.867 e. The SMILES string of the molecule is CCCCC(=N)N.CCCCc1nc(C(=O)O)cc(=O)[nH]1.CCOC(=O)/C=C(\[O-])C(=O)OCC.Cl.[Na+]. The van der Waals surface area contributed by atoms with Crippen LogP contribution in [0.3, 0.4) is 0 Å². The number of hydrogen-bond acceptors (Lipinski definition) is 9. The Balaban J connectivity index is -0.000000218. The number of aromatic carboxylic acids is 1. The fourth-order valence-corrected chi connectivity index (χ4v) is 2.00. The molecule has 200 valence electrons. The molecule has 0 saturated carbocycles. The summed E-state index contributed by atoms with van der Waals surface area (Å²) >= 11 is 0. The van der Waals surface area contributed by atoms with E-state index in [1.165, 1.54) is 0 Å². The molecule has 14 heteroatoms. The van der Waals surface area contributed by atoms with Crippen molar-refractivity contribution in [2.45, 2.75) is 66.2 Å². The smallest absolute Gasteiger partial charge is 0.867 e. The van der Waals surface area contributed by atoms with E-state index in [-0.39, 0.29) is 60.9 Å². The van der Waals surface area contributed by atoms with E-state index in [0.29, 0.717) is 24.2 Å². The number of aromatic amines is 1. The van der Waals surface area contributed by atoms with E-state index in [0.717, 1.165) is 38.2 Å². The number of nitrogens with one attached hydrogen (secondary N) is 2. The molecule has 36 heavy (non-hydrogen) atoms. The topological polar surface area (TPSA) is 209 Å². The van der Waals surface area contributed by atoms with Crippen molar-refractivity contribution in [3.8, 4) is 0 Å². The van der Waals surface area contributed by atoms with Gasteiger partial charge >= 0.3 is 47.5 Å². The van der Waals surface area contributed by atoms with Crippen molar-refractivity contribution in [2.75, 3.05) is 13.2 Å². The summed E-state index contributed by atoms with van der Waals surface area (Å²) < 4.78 is 8.77. The molecule has 0 amide bonds. The van der Waals surface area contributed by atoms with Gasteiger partial charge in [0.1, 0.15) is 5.82 Å². The molecule has 0 aliphatic heterocycles. The van der Waals surface area contributed by atoms with Gasteiger partial charge in [-0.1, -0.05) is 26.7 Å². The van der Waals surface area contributed by atoms with Crippen LogP contribution in [-0.4, -0.2) is 52.0 Å². The summed E-state index contributed by atoms with van der Waals surface area (Å²) in [4.78, 5) is 49.2. The second-order valence-corrected chi connectivity index (χ2v) is 6.60. The molecule has 0 aliphatic carbocycles. The number of amidine groups is 1. The Kier molecular flexibility index (Phi) is 29.1. The third kappa shape index (κ3) is 23.3. The Bertz CT molecular complexity index is 878. The molecule has 1 aromatic rings. The van der Waals surface area contributed by atoms with Crippen LogP contribution in [0.5, 0.6) is 0 Å². The molecular formula is C22H36ClN4NaO8. The number of hydrogen-bond donors (Lipinski definition) is 4. The number of aromatic nitrogens is 2. The maximum Gasteiger partial charge on any atom is 1.00 e. The van der Waals surface area contributed by atoms with Gasteiger partial charge in [0.05, 0.1) is 19.0 Å². The summed E-state index contributed by atoms with van der Waals surface area (Å²) in [6.07, 6.45) is 5.97. The van der Waals surface area contributed by atoms with E-state index in [2.05, 4.69) is 26.4 Å². The fourth-order valence-electron chi connectivity index (χ4n) is 2.00. The van der Waals surface area contributed by atoms with E-state index in [1.54, 1.807) is 13.8 Å². The molecule has 1 rings (SSSR count). The predicted molar refractivity (Wildman–Crippen MR) is 130 cm³/mol. The number of esters is 2. The molecule has 0 aliphatic rings. The molecule has 0 aromatic carbocycles. The molecule has 1 heterocycles. The largest absolute Gasteiger partial charge is 1.00 e. The molecule has 0 bridgehead atoms. The van der Waals surface area contributed by atoms with Crippen molar-refractivity contribution < 1.29 is 63.6 Å². The first-order chi connectivity index (χ1) is 16.0. The van der Waals surface area contributed by atoms with Crippen molar-refractivity contribution in [3.63, 3.8) is 0 Å². The number of nitrogens with zero attached hydrogens (tertiary/aromatic N) is 1. The number of rotatable bonds is 11. The molecule has 12 nitrogen and oxygen atoms in total. The van der Waals surface area contributed by atoms with Crippen LogP contribution in [0, 0.1) is 5.41 Å². The summed E-state index contributed by atoms with van der Waals surface area (Å²) in [5.74, 6) is -3.30. The molecule has 0 unspecified atom stereocenters. The third-order valence-electron chi connectivity index (χ3n) is 3.59. The Morgan fingerprint density at radius 2 is 1.69 bits per heavy atom. The van der Waals surface area contributed by atoms with Gasteiger partial charge in [-0.2, -0.15) is 0 Å². The van der Waals surface area contributed by atoms with Crippen molar-refractivity contribution in [2.24, 2.45) is 5.73 Å². The summed E-state index contributed by atoms with van der Waals surface area (Å²) in [5.41, 5.74) is 4.45. The zero-order valence-corrected chi connectivity index (χ0v) is 24.4. The zero-order valence-electron chi connectivity index (χ0n) is 21.5. The van der Waals surface area contributed by atoms with Gasteiger partial charge in [-0.3, -0.25) is 10.2 Å². The first-order valence-corrected chi connectivity index (χ1v) is 10.9. The Morgan fingerprint density at radius 3 is 2.11 bits per heavy atom. The number of carbonyl (C=O) groups is 3. The van der Waals surface area contributed by atoms with E-state index < -0.39 is 29.2 Å². The van der Waals surface area contributed by atoms with Crippen LogP contribution in [0.25, 0.3) is 0 Å². The Hall–Kier alpha value is -2.41. The van der Waals surface area contributed by atoms with Crippen LogP contribution in [-0.2, 0) is 25.5 Å². The standard InChI is InChI=1S/C9H12N2O3.C8H12O5.C5H12N2.ClH.Na/c1-2-3-4-7-10-6(9(13)14)5-8(12)11-7;1-3-12-7(10)5-6(9)8(11)13-4-2;1-2-3-4-5(6)7;;/h5H,2-4H2,1H3,(H,13,14)(H,10,11,12);5,9H,3-4H2,1-2H3;2-4H2,1H3,(H3,6,7);1H;/q;;;;+1/p-1/b;6-5-;;;. The molecule has 0 atom stereocenters. The van der Waals surface area contributed by atoms with Crippen molar-refractivity contribution in [3.05, 3.63) is 39.8 Å². The second-order valence-electron chi connectivity index (χ2n) is 6.60. The quantitative estimate of drug-likeness (QED) is 0.0648. The van der Waals surface area contributed by atoms with Crippen molar-refractivity contribution in [1.82, 2.24) is 9.97 Å². The van der Waals surface area contributed by atoms with Crippen LogP contribution in [0.1, 0.15) is 76.1 Å². The summed E-state index contributed by atoms with van der Waals surface area (Å²) in [7, 11) is 0. The van der Waals surface area contributed by atoms with E-state index >= 15 is 0 Å². The minimum atomic E-state index is -1.17. The molecule has 0 spiro atoms. The third-order valence-corrected chi connectivity index (χ3v) is 3.59. The average molecular weight is 543 g/mol. The van der Waals surface area contributed by atoms with Crippen molar-refractivity contribution in [1.29, 1.82) is 5.41 Å². The molecule has 0 radical (unpaired) electrons.